The van der Waals surface area contributed by atoms with Crippen molar-refractivity contribution >= 4 is 28.2 Å². The quantitative estimate of drug-likeness (QED) is 0.465. The Kier molecular flexibility index (Phi) is 4.99. The van der Waals surface area contributed by atoms with Crippen LogP contribution in [0.15, 0.2) is 65.8 Å². The number of hydrogen-bond donors (Lipinski definition) is 2. The van der Waals surface area contributed by atoms with Gasteiger partial charge in [0.25, 0.3) is 0 Å². The van der Waals surface area contributed by atoms with Gasteiger partial charge < -0.3 is 10.3 Å². The van der Waals surface area contributed by atoms with Crippen molar-refractivity contribution in [2.45, 2.75) is 10.9 Å². The first-order valence-corrected chi connectivity index (χ1v) is 9.97. The number of imidazole rings is 1. The fourth-order valence-corrected chi connectivity index (χ4v) is 4.13. The van der Waals surface area contributed by atoms with Crippen molar-refractivity contribution in [1.29, 1.82) is 0 Å². The second kappa shape index (κ2) is 7.72. The van der Waals surface area contributed by atoms with Crippen LogP contribution in [0.4, 0.5) is 5.13 Å². The molecule has 4 rings (SSSR count). The van der Waals surface area contributed by atoms with Gasteiger partial charge in [-0.1, -0.05) is 83.8 Å². The molecule has 0 saturated carbocycles. The Morgan fingerprint density at radius 2 is 1.65 bits per heavy atom. The Balaban J connectivity index is 1.65. The van der Waals surface area contributed by atoms with Gasteiger partial charge in [0, 0.05) is 18.2 Å². The Bertz CT molecular complexity index is 923. The zero-order chi connectivity index (χ0) is 17.8. The van der Waals surface area contributed by atoms with Crippen LogP contribution in [0.3, 0.4) is 0 Å². The van der Waals surface area contributed by atoms with Crippen LogP contribution in [-0.4, -0.2) is 27.2 Å². The molecule has 2 N–H and O–H groups in total. The summed E-state index contributed by atoms with van der Waals surface area (Å²) >= 11 is 3.20. The van der Waals surface area contributed by atoms with E-state index in [4.69, 9.17) is 4.98 Å². The monoisotopic (exact) mass is 379 g/mol. The molecule has 0 aliphatic carbocycles. The van der Waals surface area contributed by atoms with Crippen molar-refractivity contribution in [1.82, 2.24) is 20.2 Å². The molecule has 2 aromatic heterocycles. The van der Waals surface area contributed by atoms with E-state index >= 15 is 0 Å². The predicted octanol–water partition coefficient (Wildman–Crippen LogP) is 4.93. The number of nitrogens with zero attached hydrogens (tertiary/aromatic N) is 3. The van der Waals surface area contributed by atoms with Gasteiger partial charge in [0.15, 0.2) is 5.16 Å². The molecule has 0 amide bonds. The molecule has 0 fully saturated rings. The van der Waals surface area contributed by atoms with E-state index in [2.05, 4.69) is 44.8 Å². The Morgan fingerprint density at radius 3 is 2.31 bits per heavy atom. The van der Waals surface area contributed by atoms with E-state index in [1.165, 1.54) is 0 Å². The van der Waals surface area contributed by atoms with E-state index in [9.17, 15) is 0 Å². The summed E-state index contributed by atoms with van der Waals surface area (Å²) in [6, 6.07) is 20.5. The molecule has 2 heterocycles. The second-order valence-corrected chi connectivity index (χ2v) is 7.56. The summed E-state index contributed by atoms with van der Waals surface area (Å²) in [5.74, 6) is 0.731. The Labute approximate surface area is 159 Å². The highest BCUT2D eigenvalue weighted by molar-refractivity contribution is 7.98. The summed E-state index contributed by atoms with van der Waals surface area (Å²) in [5, 5.41) is 14.0. The lowest BCUT2D eigenvalue weighted by Gasteiger charge is -2.02. The van der Waals surface area contributed by atoms with Gasteiger partial charge in [-0.05, 0) is 0 Å². The van der Waals surface area contributed by atoms with Gasteiger partial charge in [-0.15, -0.1) is 10.2 Å². The number of aromatic amines is 1. The number of nitrogens with one attached hydrogen (secondary N) is 2. The van der Waals surface area contributed by atoms with Crippen LogP contribution in [0, 0.1) is 0 Å². The predicted molar refractivity (Wildman–Crippen MR) is 108 cm³/mol. The molecular formula is C19H17N5S2. The van der Waals surface area contributed by atoms with E-state index in [0.717, 1.165) is 43.6 Å². The molecule has 0 aliphatic rings. The second-order valence-electron chi connectivity index (χ2n) is 5.54. The zero-order valence-corrected chi connectivity index (χ0v) is 15.8. The zero-order valence-electron chi connectivity index (χ0n) is 14.1. The van der Waals surface area contributed by atoms with Gasteiger partial charge >= 0.3 is 0 Å². The van der Waals surface area contributed by atoms with Crippen LogP contribution in [0.25, 0.3) is 22.5 Å². The van der Waals surface area contributed by atoms with Crippen molar-refractivity contribution in [2.75, 3.05) is 12.4 Å². The first kappa shape index (κ1) is 16.8. The van der Waals surface area contributed by atoms with E-state index in [1.54, 1.807) is 23.1 Å². The molecule has 0 radical (unpaired) electrons. The van der Waals surface area contributed by atoms with Crippen LogP contribution >= 0.6 is 23.1 Å². The third-order valence-corrected chi connectivity index (χ3v) is 5.81. The fraction of sp³-hybridized carbons (Fsp3) is 0.105. The first-order chi connectivity index (χ1) is 12.8. The summed E-state index contributed by atoms with van der Waals surface area (Å²) < 4.78 is 0. The van der Waals surface area contributed by atoms with Crippen LogP contribution in [0.5, 0.6) is 0 Å². The summed E-state index contributed by atoms with van der Waals surface area (Å²) in [5.41, 5.74) is 4.22. The Hall–Kier alpha value is -2.64. The average molecular weight is 380 g/mol. The van der Waals surface area contributed by atoms with Crippen molar-refractivity contribution in [2.24, 2.45) is 0 Å². The Morgan fingerprint density at radius 1 is 0.962 bits per heavy atom. The molecule has 0 saturated heterocycles. The third kappa shape index (κ3) is 3.63. The van der Waals surface area contributed by atoms with Gasteiger partial charge in [0.1, 0.15) is 5.01 Å². The van der Waals surface area contributed by atoms with Gasteiger partial charge in [0.05, 0.1) is 17.1 Å². The molecule has 5 nitrogen and oxygen atoms in total. The third-order valence-electron chi connectivity index (χ3n) is 3.80. The molecule has 7 heteroatoms. The average Bonchev–Trinajstić information content (AvgIpc) is 3.35. The fourth-order valence-electron chi connectivity index (χ4n) is 2.58. The molecule has 0 unspecified atom stereocenters. The van der Waals surface area contributed by atoms with Gasteiger partial charge in [0.2, 0.25) is 5.13 Å². The minimum Gasteiger partial charge on any atom is -0.363 e. The normalized spacial score (nSPS) is 10.8. The molecule has 0 spiro atoms. The minimum atomic E-state index is 0.731. The topological polar surface area (TPSA) is 66.5 Å². The highest BCUT2D eigenvalue weighted by Gasteiger charge is 2.15. The maximum Gasteiger partial charge on any atom is 0.205 e. The van der Waals surface area contributed by atoms with Crippen LogP contribution in [0.2, 0.25) is 0 Å². The highest BCUT2D eigenvalue weighted by Crippen LogP contribution is 2.33. The van der Waals surface area contributed by atoms with E-state index < -0.39 is 0 Å². The lowest BCUT2D eigenvalue weighted by Crippen LogP contribution is -1.84. The number of hydrogen-bond acceptors (Lipinski definition) is 6. The summed E-state index contributed by atoms with van der Waals surface area (Å²) in [7, 11) is 1.85. The standard InChI is InChI=1S/C19H17N5S2/c1-20-18-24-23-15(26-18)12-25-19-21-16(13-8-4-2-5-9-13)17(22-19)14-10-6-3-7-11-14/h2-11H,12H2,1H3,(H,20,24)(H,21,22). The number of benzene rings is 2. The molecule has 2 aromatic carbocycles. The molecular weight excluding hydrogens is 362 g/mol. The maximum atomic E-state index is 4.85. The summed E-state index contributed by atoms with van der Waals surface area (Å²) in [6.07, 6.45) is 0. The lowest BCUT2D eigenvalue weighted by atomic mass is 10.1. The van der Waals surface area contributed by atoms with Crippen LogP contribution in [-0.2, 0) is 5.75 Å². The highest BCUT2D eigenvalue weighted by atomic mass is 32.2. The molecule has 0 bridgehead atoms. The molecule has 0 aliphatic heterocycles. The SMILES string of the molecule is CNc1nnc(CSc2nc(-c3ccccc3)c(-c3ccccc3)[nH]2)s1. The lowest BCUT2D eigenvalue weighted by molar-refractivity contribution is 1.03. The van der Waals surface area contributed by atoms with Gasteiger partial charge in [-0.25, -0.2) is 4.98 Å². The largest absolute Gasteiger partial charge is 0.363 e. The van der Waals surface area contributed by atoms with Crippen LogP contribution < -0.4 is 5.32 Å². The number of anilines is 1. The number of aromatic nitrogens is 4. The molecule has 4 aromatic rings. The van der Waals surface area contributed by atoms with Crippen LogP contribution in [0.1, 0.15) is 5.01 Å². The maximum absolute atomic E-state index is 4.85. The van der Waals surface area contributed by atoms with E-state index in [0.29, 0.717) is 0 Å². The number of thioether (sulfide) groups is 1. The number of rotatable bonds is 6. The molecule has 26 heavy (non-hydrogen) atoms. The van der Waals surface area contributed by atoms with Gasteiger partial charge in [-0.2, -0.15) is 0 Å². The van der Waals surface area contributed by atoms with E-state index in [1.807, 2.05) is 43.4 Å². The summed E-state index contributed by atoms with van der Waals surface area (Å²) in [6.45, 7) is 0. The minimum absolute atomic E-state index is 0.731. The van der Waals surface area contributed by atoms with Crippen molar-refractivity contribution in [3.05, 3.63) is 65.7 Å². The first-order valence-electron chi connectivity index (χ1n) is 8.17. The van der Waals surface area contributed by atoms with Crippen molar-refractivity contribution in [3.8, 4) is 22.5 Å². The number of H-pyrrole nitrogens is 1. The van der Waals surface area contributed by atoms with Crippen molar-refractivity contribution in [3.63, 3.8) is 0 Å². The smallest absolute Gasteiger partial charge is 0.205 e. The molecule has 130 valence electrons. The van der Waals surface area contributed by atoms with Crippen molar-refractivity contribution < 1.29 is 0 Å². The van der Waals surface area contributed by atoms with E-state index in [-0.39, 0.29) is 0 Å². The summed E-state index contributed by atoms with van der Waals surface area (Å²) in [4.78, 5) is 8.33. The molecule has 0 atom stereocenters. The van der Waals surface area contributed by atoms with Gasteiger partial charge in [-0.3, -0.25) is 0 Å².